The van der Waals surface area contributed by atoms with Crippen molar-refractivity contribution in [1.29, 1.82) is 0 Å². The van der Waals surface area contributed by atoms with Crippen LogP contribution in [0.4, 0.5) is 10.8 Å². The molecule has 3 N–H and O–H groups in total. The van der Waals surface area contributed by atoms with Crippen LogP contribution < -0.4 is 15.1 Å². The Bertz CT molecular complexity index is 923. The molecular weight excluding hydrogens is 394 g/mol. The lowest BCUT2D eigenvalue weighted by atomic mass is 10.2. The highest BCUT2D eigenvalue weighted by Gasteiger charge is 2.24. The summed E-state index contributed by atoms with van der Waals surface area (Å²) in [6.45, 7) is 8.85. The Labute approximate surface area is 172 Å². The molecule has 0 bridgehead atoms. The van der Waals surface area contributed by atoms with E-state index in [1.165, 1.54) is 37.3 Å². The van der Waals surface area contributed by atoms with Crippen LogP contribution in [0.2, 0.25) is 0 Å². The van der Waals surface area contributed by atoms with Crippen LogP contribution in [-0.2, 0) is 13.2 Å². The third-order valence-electron chi connectivity index (χ3n) is 5.06. The van der Waals surface area contributed by atoms with E-state index < -0.39 is 0 Å². The Morgan fingerprint density at radius 1 is 1.15 bits per heavy atom. The molecule has 0 amide bonds. The van der Waals surface area contributed by atoms with Crippen LogP contribution in [0.5, 0.6) is 0 Å². The first-order chi connectivity index (χ1) is 13.2. The van der Waals surface area contributed by atoms with E-state index in [0.717, 1.165) is 28.0 Å². The minimum absolute atomic E-state index is 0.839. The summed E-state index contributed by atoms with van der Waals surface area (Å²) in [6, 6.07) is 10.5. The second-order valence-electron chi connectivity index (χ2n) is 7.08. The van der Waals surface area contributed by atoms with Gasteiger partial charge in [-0.25, -0.2) is 0 Å². The van der Waals surface area contributed by atoms with Crippen molar-refractivity contribution in [1.82, 2.24) is 9.78 Å². The molecule has 0 saturated carbocycles. The number of aryl methyl sites for hydroxylation is 1. The lowest BCUT2D eigenvalue weighted by molar-refractivity contribution is -1.03. The van der Waals surface area contributed by atoms with Gasteiger partial charge in [-0.15, -0.1) is 5.10 Å². The zero-order chi connectivity index (χ0) is 18.6. The number of hydrogen-bond acceptors (Lipinski definition) is 5. The molecule has 3 heterocycles. The molecule has 2 aromatic heterocycles. The van der Waals surface area contributed by atoms with Gasteiger partial charge in [0.25, 0.3) is 0 Å². The van der Waals surface area contributed by atoms with Crippen molar-refractivity contribution in [2.45, 2.75) is 20.1 Å². The number of nitrogens with one attached hydrogen (secondary N) is 3. The Hall–Kier alpha value is -1.58. The maximum Gasteiger partial charge on any atom is 0.209 e. The van der Waals surface area contributed by atoms with Crippen molar-refractivity contribution in [2.75, 3.05) is 31.5 Å². The van der Waals surface area contributed by atoms with Gasteiger partial charge in [0.2, 0.25) is 5.13 Å². The highest BCUT2D eigenvalue weighted by molar-refractivity contribution is 7.73. The molecule has 1 aliphatic rings. The van der Waals surface area contributed by atoms with Crippen LogP contribution >= 0.6 is 34.9 Å². The number of nitrogens with zero attached hydrogens (tertiary/aromatic N) is 2. The molecule has 0 atom stereocenters. The van der Waals surface area contributed by atoms with Gasteiger partial charge in [-0.3, -0.25) is 0 Å². The molecular formula is C19H25N5S3+2. The number of para-hydroxylation sites is 1. The van der Waals surface area contributed by atoms with Gasteiger partial charge in [-0.1, -0.05) is 29.5 Å². The lowest BCUT2D eigenvalue weighted by Crippen LogP contribution is -3.27. The van der Waals surface area contributed by atoms with Crippen molar-refractivity contribution >= 4 is 45.7 Å². The molecule has 0 aliphatic carbocycles. The molecule has 3 aromatic rings. The van der Waals surface area contributed by atoms with Gasteiger partial charge < -0.3 is 15.1 Å². The first-order valence-corrected chi connectivity index (χ1v) is 11.4. The minimum Gasteiger partial charge on any atom is -0.330 e. The van der Waals surface area contributed by atoms with Gasteiger partial charge in [-0.2, -0.15) is 16.0 Å². The van der Waals surface area contributed by atoms with Crippen LogP contribution in [0.15, 0.2) is 41.1 Å². The third kappa shape index (κ3) is 4.83. The van der Waals surface area contributed by atoms with Gasteiger partial charge >= 0.3 is 0 Å². The van der Waals surface area contributed by atoms with Gasteiger partial charge in [0.15, 0.2) is 10.6 Å². The molecule has 1 fully saturated rings. The number of rotatable bonds is 6. The fourth-order valence-electron chi connectivity index (χ4n) is 3.47. The Kier molecular flexibility index (Phi) is 5.99. The Morgan fingerprint density at radius 2 is 1.93 bits per heavy atom. The molecule has 1 aromatic carbocycles. The molecule has 142 valence electrons. The first kappa shape index (κ1) is 18.8. The van der Waals surface area contributed by atoms with Crippen LogP contribution in [0.25, 0.3) is 0 Å². The van der Waals surface area contributed by atoms with Gasteiger partial charge in [0, 0.05) is 11.3 Å². The monoisotopic (exact) mass is 419 g/mol. The average Bonchev–Trinajstić information content (AvgIpc) is 3.29. The number of thiophene rings is 1. The summed E-state index contributed by atoms with van der Waals surface area (Å²) in [4.78, 5) is 3.24. The van der Waals surface area contributed by atoms with Crippen LogP contribution in [0, 0.1) is 10.9 Å². The first-order valence-electron chi connectivity index (χ1n) is 9.26. The maximum atomic E-state index is 5.55. The molecule has 4 rings (SSSR count). The van der Waals surface area contributed by atoms with Crippen molar-refractivity contribution in [3.05, 3.63) is 56.2 Å². The molecule has 0 unspecified atom stereocenters. The van der Waals surface area contributed by atoms with Crippen molar-refractivity contribution in [3.63, 3.8) is 0 Å². The van der Waals surface area contributed by atoms with E-state index >= 15 is 0 Å². The SMILES string of the molecule is Cc1ccccc1Nc1nn(C[NH+]2CC[NH+](Cc3ccsc3)CC2)c(=S)s1. The summed E-state index contributed by atoms with van der Waals surface area (Å²) >= 11 is 8.89. The number of aromatic nitrogens is 2. The van der Waals surface area contributed by atoms with Crippen molar-refractivity contribution < 1.29 is 9.80 Å². The van der Waals surface area contributed by atoms with Gasteiger partial charge in [0.05, 0.1) is 0 Å². The summed E-state index contributed by atoms with van der Waals surface area (Å²) in [5.41, 5.74) is 3.76. The highest BCUT2D eigenvalue weighted by Crippen LogP contribution is 2.22. The van der Waals surface area contributed by atoms with Crippen LogP contribution in [0.1, 0.15) is 11.1 Å². The molecule has 27 heavy (non-hydrogen) atoms. The summed E-state index contributed by atoms with van der Waals surface area (Å²) in [5.74, 6) is 0. The van der Waals surface area contributed by atoms with E-state index in [4.69, 9.17) is 17.3 Å². The van der Waals surface area contributed by atoms with E-state index in [-0.39, 0.29) is 0 Å². The zero-order valence-corrected chi connectivity index (χ0v) is 17.9. The fraction of sp³-hybridized carbons (Fsp3) is 0.368. The lowest BCUT2D eigenvalue weighted by Gasteiger charge is -2.29. The maximum absolute atomic E-state index is 5.55. The number of quaternary nitrogens is 2. The Morgan fingerprint density at radius 3 is 2.67 bits per heavy atom. The second kappa shape index (κ2) is 8.62. The van der Waals surface area contributed by atoms with Gasteiger partial charge in [0.1, 0.15) is 32.7 Å². The second-order valence-corrected chi connectivity index (χ2v) is 9.48. The molecule has 1 saturated heterocycles. The van der Waals surface area contributed by atoms with E-state index in [1.54, 1.807) is 32.5 Å². The number of piperazine rings is 1. The van der Waals surface area contributed by atoms with Crippen molar-refractivity contribution in [3.8, 4) is 0 Å². The summed E-state index contributed by atoms with van der Waals surface area (Å²) in [7, 11) is 0. The fourth-order valence-corrected chi connectivity index (χ4v) is 5.16. The van der Waals surface area contributed by atoms with E-state index in [1.807, 2.05) is 16.8 Å². The topological polar surface area (TPSA) is 38.7 Å². The van der Waals surface area contributed by atoms with Gasteiger partial charge in [-0.05, 0) is 47.6 Å². The standard InChI is InChI=1S/C19H23N5S3/c1-15-4-2-3-5-17(15)20-18-21-24(19(25)27-18)14-23-9-7-22(8-10-23)12-16-6-11-26-13-16/h2-6,11,13H,7-10,12,14H2,1H3,(H,20,21)/p+2. The quantitative estimate of drug-likeness (QED) is 0.533. The minimum atomic E-state index is 0.839. The predicted octanol–water partition coefficient (Wildman–Crippen LogP) is 1.73. The third-order valence-corrected chi connectivity index (χ3v) is 7.02. The summed E-state index contributed by atoms with van der Waals surface area (Å²) in [5, 5.41) is 13.4. The number of anilines is 2. The zero-order valence-electron chi connectivity index (χ0n) is 15.4. The van der Waals surface area contributed by atoms with Crippen LogP contribution in [0.3, 0.4) is 0 Å². The van der Waals surface area contributed by atoms with E-state index in [2.05, 4.69) is 41.2 Å². The molecule has 1 aliphatic heterocycles. The molecule has 0 radical (unpaired) electrons. The average molecular weight is 420 g/mol. The molecule has 0 spiro atoms. The normalized spacial score (nSPS) is 19.9. The molecule has 5 nitrogen and oxygen atoms in total. The smallest absolute Gasteiger partial charge is 0.209 e. The summed E-state index contributed by atoms with van der Waals surface area (Å²) in [6.07, 6.45) is 0. The summed E-state index contributed by atoms with van der Waals surface area (Å²) < 4.78 is 2.83. The number of hydrogen-bond donors (Lipinski definition) is 3. The van der Waals surface area contributed by atoms with Crippen LogP contribution in [-0.4, -0.2) is 36.0 Å². The Balaban J connectivity index is 1.33. The van der Waals surface area contributed by atoms with E-state index in [0.29, 0.717) is 0 Å². The predicted molar refractivity (Wildman–Crippen MR) is 115 cm³/mol. The molecule has 8 heteroatoms. The highest BCUT2D eigenvalue weighted by atomic mass is 32.1. The number of benzene rings is 1. The van der Waals surface area contributed by atoms with Crippen molar-refractivity contribution in [2.24, 2.45) is 0 Å². The van der Waals surface area contributed by atoms with E-state index in [9.17, 15) is 0 Å². The largest absolute Gasteiger partial charge is 0.330 e.